The van der Waals surface area contributed by atoms with E-state index in [0.29, 0.717) is 27.3 Å². The summed E-state index contributed by atoms with van der Waals surface area (Å²) in [6.07, 6.45) is -1.43. The first-order valence-corrected chi connectivity index (χ1v) is 10.5. The van der Waals surface area contributed by atoms with Crippen LogP contribution in [-0.2, 0) is 23.1 Å². The van der Waals surface area contributed by atoms with Gasteiger partial charge in [0.1, 0.15) is 17.2 Å². The molecular formula is C18H19Cl2O7P. The molecule has 0 bridgehead atoms. The van der Waals surface area contributed by atoms with Gasteiger partial charge in [0.15, 0.2) is 12.5 Å². The summed E-state index contributed by atoms with van der Waals surface area (Å²) in [4.78, 5) is 12.0. The van der Waals surface area contributed by atoms with Crippen LogP contribution < -0.4 is 9.47 Å². The normalized spacial score (nSPS) is 12.3. The third-order valence-electron chi connectivity index (χ3n) is 3.51. The van der Waals surface area contributed by atoms with Crippen LogP contribution in [0.1, 0.15) is 6.92 Å². The number of halogens is 2. The van der Waals surface area contributed by atoms with Gasteiger partial charge in [-0.3, -0.25) is 4.57 Å². The fourth-order valence-corrected chi connectivity index (χ4v) is 3.06. The quantitative estimate of drug-likeness (QED) is 0.367. The Morgan fingerprint density at radius 1 is 1.04 bits per heavy atom. The molecule has 152 valence electrons. The fraction of sp³-hybridized carbons (Fsp3) is 0.278. The third-order valence-corrected chi connectivity index (χ3v) is 5.60. The highest BCUT2D eigenvalue weighted by Crippen LogP contribution is 2.46. The predicted molar refractivity (Wildman–Crippen MR) is 106 cm³/mol. The van der Waals surface area contributed by atoms with Gasteiger partial charge in [0.25, 0.3) is 0 Å². The Balaban J connectivity index is 1.92. The van der Waals surface area contributed by atoms with E-state index < -0.39 is 26.0 Å². The van der Waals surface area contributed by atoms with Crippen molar-refractivity contribution in [1.29, 1.82) is 0 Å². The van der Waals surface area contributed by atoms with Gasteiger partial charge in [-0.25, -0.2) is 4.79 Å². The highest BCUT2D eigenvalue weighted by atomic mass is 35.5. The summed E-state index contributed by atoms with van der Waals surface area (Å²) in [7, 11) is -1.02. The predicted octanol–water partition coefficient (Wildman–Crippen LogP) is 5.54. The number of ether oxygens (including phenoxy) is 3. The van der Waals surface area contributed by atoms with Crippen molar-refractivity contribution in [3.05, 3.63) is 52.5 Å². The summed E-state index contributed by atoms with van der Waals surface area (Å²) in [5.41, 5.74) is 0. The summed E-state index contributed by atoms with van der Waals surface area (Å²) < 4.78 is 37.4. The lowest BCUT2D eigenvalue weighted by atomic mass is 10.3. The number of esters is 1. The first-order chi connectivity index (χ1) is 13.3. The molecule has 0 saturated heterocycles. The first kappa shape index (κ1) is 22.5. The molecule has 0 aliphatic carbocycles. The summed E-state index contributed by atoms with van der Waals surface area (Å²) >= 11 is 11.9. The average Bonchev–Trinajstić information content (AvgIpc) is 2.69. The monoisotopic (exact) mass is 448 g/mol. The number of hydrogen-bond donors (Lipinski definition) is 0. The Morgan fingerprint density at radius 2 is 1.64 bits per heavy atom. The minimum atomic E-state index is -3.44. The summed E-state index contributed by atoms with van der Waals surface area (Å²) in [6.45, 7) is 1.50. The lowest BCUT2D eigenvalue weighted by Gasteiger charge is -2.17. The van der Waals surface area contributed by atoms with Gasteiger partial charge in [-0.2, -0.15) is 0 Å². The third kappa shape index (κ3) is 6.40. The van der Waals surface area contributed by atoms with Gasteiger partial charge in [0.2, 0.25) is 0 Å². The molecule has 0 saturated carbocycles. The topological polar surface area (TPSA) is 80.3 Å². The Labute approximate surface area is 172 Å². The molecule has 28 heavy (non-hydrogen) atoms. The van der Waals surface area contributed by atoms with E-state index in [4.69, 9.17) is 46.5 Å². The van der Waals surface area contributed by atoms with E-state index in [1.807, 2.05) is 0 Å². The van der Waals surface area contributed by atoms with E-state index in [2.05, 4.69) is 0 Å². The van der Waals surface area contributed by atoms with Crippen molar-refractivity contribution in [1.82, 2.24) is 0 Å². The maximum atomic E-state index is 12.0. The number of hydrogen-bond acceptors (Lipinski definition) is 7. The van der Waals surface area contributed by atoms with Crippen LogP contribution in [0.5, 0.6) is 17.2 Å². The molecule has 0 aromatic heterocycles. The molecule has 1 unspecified atom stereocenters. The van der Waals surface area contributed by atoms with Crippen molar-refractivity contribution in [2.75, 3.05) is 20.6 Å². The van der Waals surface area contributed by atoms with E-state index in [0.717, 1.165) is 0 Å². The van der Waals surface area contributed by atoms with Crippen LogP contribution in [0.15, 0.2) is 42.5 Å². The van der Waals surface area contributed by atoms with Crippen LogP contribution >= 0.6 is 30.8 Å². The lowest BCUT2D eigenvalue weighted by Crippen LogP contribution is -2.26. The number of carbonyl (C=O) groups is 1. The molecular weight excluding hydrogens is 430 g/mol. The van der Waals surface area contributed by atoms with Gasteiger partial charge in [-0.05, 0) is 49.4 Å². The van der Waals surface area contributed by atoms with E-state index in [1.165, 1.54) is 21.1 Å². The molecule has 2 rings (SSSR count). The van der Waals surface area contributed by atoms with Crippen molar-refractivity contribution >= 4 is 36.8 Å². The van der Waals surface area contributed by atoms with Crippen LogP contribution in [0.2, 0.25) is 10.0 Å². The molecule has 0 spiro atoms. The van der Waals surface area contributed by atoms with Crippen LogP contribution in [0, 0.1) is 0 Å². The number of rotatable bonds is 9. The van der Waals surface area contributed by atoms with E-state index >= 15 is 0 Å². The summed E-state index contributed by atoms with van der Waals surface area (Å²) in [5.74, 6) is 0.689. The Kier molecular flexibility index (Phi) is 8.16. The molecule has 0 amide bonds. The lowest BCUT2D eigenvalue weighted by molar-refractivity contribution is -0.149. The van der Waals surface area contributed by atoms with Crippen molar-refractivity contribution in [3.8, 4) is 17.2 Å². The standard InChI is InChI=1S/C18H19Cl2O7P/c1-12(18(21)25-11-28(22,23-2)24-3)26-14-5-7-15(8-6-14)27-17-9-4-13(19)10-16(17)20/h4-10,12H,11H2,1-3H3. The van der Waals surface area contributed by atoms with Crippen molar-refractivity contribution < 1.29 is 32.6 Å². The molecule has 2 aromatic rings. The van der Waals surface area contributed by atoms with E-state index in [-0.39, 0.29) is 0 Å². The summed E-state index contributed by atoms with van der Waals surface area (Å²) in [5, 5.41) is 0.892. The van der Waals surface area contributed by atoms with Gasteiger partial charge < -0.3 is 23.3 Å². The SMILES string of the molecule is COP(=O)(COC(=O)C(C)Oc1ccc(Oc2ccc(Cl)cc2Cl)cc1)OC. The second-order valence-corrected chi connectivity index (χ2v) is 8.53. The second kappa shape index (κ2) is 10.1. The first-order valence-electron chi connectivity index (χ1n) is 8.03. The van der Waals surface area contributed by atoms with Gasteiger partial charge >= 0.3 is 13.6 Å². The highest BCUT2D eigenvalue weighted by molar-refractivity contribution is 7.53. The van der Waals surface area contributed by atoms with E-state index in [9.17, 15) is 9.36 Å². The van der Waals surface area contributed by atoms with Crippen molar-refractivity contribution in [2.24, 2.45) is 0 Å². The van der Waals surface area contributed by atoms with Crippen molar-refractivity contribution in [3.63, 3.8) is 0 Å². The molecule has 0 aliphatic rings. The minimum absolute atomic E-state index is 0.383. The Morgan fingerprint density at radius 3 is 2.21 bits per heavy atom. The molecule has 0 N–H and O–H groups in total. The van der Waals surface area contributed by atoms with Crippen LogP contribution in [0.4, 0.5) is 0 Å². The maximum absolute atomic E-state index is 12.0. The Bertz CT molecular complexity index is 850. The zero-order valence-corrected chi connectivity index (χ0v) is 17.8. The Hall–Kier alpha value is -1.76. The van der Waals surface area contributed by atoms with Crippen LogP contribution in [-0.4, -0.2) is 32.6 Å². The van der Waals surface area contributed by atoms with Gasteiger partial charge in [0.05, 0.1) is 5.02 Å². The molecule has 10 heteroatoms. The smallest absolute Gasteiger partial charge is 0.367 e. The molecule has 0 fully saturated rings. The number of benzene rings is 2. The number of carbonyl (C=O) groups excluding carboxylic acids is 1. The van der Waals surface area contributed by atoms with Gasteiger partial charge in [-0.15, -0.1) is 0 Å². The van der Waals surface area contributed by atoms with Crippen LogP contribution in [0.3, 0.4) is 0 Å². The molecule has 0 radical (unpaired) electrons. The second-order valence-electron chi connectivity index (χ2n) is 5.48. The summed E-state index contributed by atoms with van der Waals surface area (Å²) in [6, 6.07) is 11.5. The molecule has 0 heterocycles. The molecule has 0 aliphatic heterocycles. The van der Waals surface area contributed by atoms with Crippen LogP contribution in [0.25, 0.3) is 0 Å². The van der Waals surface area contributed by atoms with Gasteiger partial charge in [0, 0.05) is 19.2 Å². The zero-order valence-electron chi connectivity index (χ0n) is 15.4. The van der Waals surface area contributed by atoms with Crippen molar-refractivity contribution in [2.45, 2.75) is 13.0 Å². The van der Waals surface area contributed by atoms with E-state index in [1.54, 1.807) is 42.5 Å². The molecule has 2 aromatic carbocycles. The zero-order chi connectivity index (χ0) is 20.7. The molecule has 1 atom stereocenters. The average molecular weight is 449 g/mol. The minimum Gasteiger partial charge on any atom is -0.479 e. The fourth-order valence-electron chi connectivity index (χ4n) is 1.96. The maximum Gasteiger partial charge on any atom is 0.367 e. The largest absolute Gasteiger partial charge is 0.479 e. The van der Waals surface area contributed by atoms with Gasteiger partial charge in [-0.1, -0.05) is 23.2 Å². The molecule has 7 nitrogen and oxygen atoms in total. The highest BCUT2D eigenvalue weighted by Gasteiger charge is 2.26.